The number of piperidine rings is 1. The maximum atomic E-state index is 12.2. The Morgan fingerprint density at radius 1 is 1.22 bits per heavy atom. The van der Waals surface area contributed by atoms with Crippen molar-refractivity contribution in [3.05, 3.63) is 30.1 Å². The fourth-order valence-electron chi connectivity index (χ4n) is 2.23. The molecule has 1 saturated heterocycles. The standard InChI is InChI=1S/C14H18N2O2/c1-11(13(17)12-7-3-4-8-15-12)14(18)16-9-5-2-6-10-16/h3-4,7-8,11H,2,5-6,9-10H2,1H3. The van der Waals surface area contributed by atoms with Crippen LogP contribution in [0.15, 0.2) is 24.4 Å². The largest absolute Gasteiger partial charge is 0.342 e. The van der Waals surface area contributed by atoms with Gasteiger partial charge in [0.05, 0.1) is 0 Å². The number of hydrogen-bond donors (Lipinski definition) is 0. The molecule has 1 amide bonds. The van der Waals surface area contributed by atoms with Crippen molar-refractivity contribution in [1.29, 1.82) is 0 Å². The van der Waals surface area contributed by atoms with Crippen LogP contribution < -0.4 is 0 Å². The van der Waals surface area contributed by atoms with Crippen molar-refractivity contribution in [3.8, 4) is 0 Å². The molecule has 0 spiro atoms. The Labute approximate surface area is 107 Å². The van der Waals surface area contributed by atoms with E-state index in [0.717, 1.165) is 25.9 Å². The molecule has 1 aliphatic heterocycles. The molecule has 1 fully saturated rings. The first-order chi connectivity index (χ1) is 8.70. The lowest BCUT2D eigenvalue weighted by atomic mass is 10.00. The number of hydrogen-bond acceptors (Lipinski definition) is 3. The van der Waals surface area contributed by atoms with E-state index in [9.17, 15) is 9.59 Å². The first-order valence-corrected chi connectivity index (χ1v) is 6.44. The molecule has 1 unspecified atom stereocenters. The van der Waals surface area contributed by atoms with E-state index in [0.29, 0.717) is 5.69 Å². The lowest BCUT2D eigenvalue weighted by Gasteiger charge is -2.28. The Morgan fingerprint density at radius 3 is 2.56 bits per heavy atom. The van der Waals surface area contributed by atoms with Crippen LogP contribution in [0.2, 0.25) is 0 Å². The number of Topliss-reactive ketones (excluding diaryl/α,β-unsaturated/α-hetero) is 1. The summed E-state index contributed by atoms with van der Waals surface area (Å²) < 4.78 is 0. The predicted octanol–water partition coefficient (Wildman–Crippen LogP) is 1.91. The van der Waals surface area contributed by atoms with Gasteiger partial charge in [-0.25, -0.2) is 0 Å². The molecule has 0 saturated carbocycles. The molecule has 1 atom stereocenters. The molecule has 0 aromatic carbocycles. The van der Waals surface area contributed by atoms with Crippen molar-refractivity contribution < 1.29 is 9.59 Å². The minimum absolute atomic E-state index is 0.0645. The van der Waals surface area contributed by atoms with Crippen molar-refractivity contribution in [1.82, 2.24) is 9.88 Å². The average molecular weight is 246 g/mol. The van der Waals surface area contributed by atoms with E-state index in [1.807, 2.05) is 0 Å². The highest BCUT2D eigenvalue weighted by molar-refractivity contribution is 6.08. The van der Waals surface area contributed by atoms with Gasteiger partial charge in [0.25, 0.3) is 0 Å². The van der Waals surface area contributed by atoms with Crippen LogP contribution in [0.1, 0.15) is 36.7 Å². The van der Waals surface area contributed by atoms with Crippen molar-refractivity contribution in [2.45, 2.75) is 26.2 Å². The highest BCUT2D eigenvalue weighted by Gasteiger charge is 2.28. The second kappa shape index (κ2) is 5.76. The molecule has 1 aromatic heterocycles. The van der Waals surface area contributed by atoms with Crippen molar-refractivity contribution in [3.63, 3.8) is 0 Å². The minimum Gasteiger partial charge on any atom is -0.342 e. The Balaban J connectivity index is 2.04. The highest BCUT2D eigenvalue weighted by atomic mass is 16.2. The summed E-state index contributed by atoms with van der Waals surface area (Å²) in [5.41, 5.74) is 0.371. The number of carbonyl (C=O) groups excluding carboxylic acids is 2. The lowest BCUT2D eigenvalue weighted by Crippen LogP contribution is -2.41. The van der Waals surface area contributed by atoms with Crippen molar-refractivity contribution in [2.75, 3.05) is 13.1 Å². The van der Waals surface area contributed by atoms with E-state index in [-0.39, 0.29) is 11.7 Å². The zero-order chi connectivity index (χ0) is 13.0. The molecule has 4 nitrogen and oxygen atoms in total. The zero-order valence-corrected chi connectivity index (χ0v) is 10.6. The van der Waals surface area contributed by atoms with Crippen LogP contribution in [0.5, 0.6) is 0 Å². The summed E-state index contributed by atoms with van der Waals surface area (Å²) in [7, 11) is 0. The second-order valence-corrected chi connectivity index (χ2v) is 4.69. The van der Waals surface area contributed by atoms with Crippen LogP contribution in [0.25, 0.3) is 0 Å². The van der Waals surface area contributed by atoms with Crippen LogP contribution in [0.3, 0.4) is 0 Å². The Morgan fingerprint density at radius 2 is 1.94 bits per heavy atom. The lowest BCUT2D eigenvalue weighted by molar-refractivity contribution is -0.134. The number of carbonyl (C=O) groups is 2. The molecule has 0 radical (unpaired) electrons. The van der Waals surface area contributed by atoms with Gasteiger partial charge < -0.3 is 4.90 Å². The SMILES string of the molecule is CC(C(=O)c1ccccn1)C(=O)N1CCCCC1. The Hall–Kier alpha value is -1.71. The van der Waals surface area contributed by atoms with Gasteiger partial charge in [-0.3, -0.25) is 14.6 Å². The van der Waals surface area contributed by atoms with Gasteiger partial charge in [0.1, 0.15) is 11.6 Å². The molecule has 96 valence electrons. The minimum atomic E-state index is -0.627. The van der Waals surface area contributed by atoms with Gasteiger partial charge in [-0.2, -0.15) is 0 Å². The first kappa shape index (κ1) is 12.7. The van der Waals surface area contributed by atoms with E-state index >= 15 is 0 Å². The third-order valence-electron chi connectivity index (χ3n) is 3.35. The fourth-order valence-corrected chi connectivity index (χ4v) is 2.23. The summed E-state index contributed by atoms with van der Waals surface area (Å²) in [6.45, 7) is 3.23. The number of pyridine rings is 1. The van der Waals surface area contributed by atoms with Gasteiger partial charge in [-0.1, -0.05) is 6.07 Å². The Kier molecular flexibility index (Phi) is 4.07. The van der Waals surface area contributed by atoms with Gasteiger partial charge in [-0.15, -0.1) is 0 Å². The van der Waals surface area contributed by atoms with Crippen molar-refractivity contribution >= 4 is 11.7 Å². The monoisotopic (exact) mass is 246 g/mol. The summed E-state index contributed by atoms with van der Waals surface area (Å²) in [6.07, 6.45) is 4.82. The smallest absolute Gasteiger partial charge is 0.233 e. The predicted molar refractivity (Wildman–Crippen MR) is 68.2 cm³/mol. The third-order valence-corrected chi connectivity index (χ3v) is 3.35. The van der Waals surface area contributed by atoms with E-state index in [4.69, 9.17) is 0 Å². The molecule has 0 N–H and O–H groups in total. The van der Waals surface area contributed by atoms with Gasteiger partial charge in [0.2, 0.25) is 5.91 Å². The summed E-state index contributed by atoms with van der Waals surface area (Å²) in [6, 6.07) is 5.18. The van der Waals surface area contributed by atoms with E-state index in [1.165, 1.54) is 6.42 Å². The molecule has 2 rings (SSSR count). The first-order valence-electron chi connectivity index (χ1n) is 6.44. The van der Waals surface area contributed by atoms with E-state index < -0.39 is 5.92 Å². The number of amides is 1. The molecule has 2 heterocycles. The maximum Gasteiger partial charge on any atom is 0.233 e. The molecule has 1 aromatic rings. The maximum absolute atomic E-state index is 12.2. The van der Waals surface area contributed by atoms with Gasteiger partial charge in [-0.05, 0) is 38.3 Å². The van der Waals surface area contributed by atoms with Crippen LogP contribution in [0.4, 0.5) is 0 Å². The van der Waals surface area contributed by atoms with Crippen LogP contribution >= 0.6 is 0 Å². The highest BCUT2D eigenvalue weighted by Crippen LogP contribution is 2.15. The second-order valence-electron chi connectivity index (χ2n) is 4.69. The third kappa shape index (κ3) is 2.75. The van der Waals surface area contributed by atoms with Crippen LogP contribution in [-0.4, -0.2) is 34.7 Å². The number of ketones is 1. The summed E-state index contributed by atoms with van der Waals surface area (Å²) in [5.74, 6) is -0.880. The molecule has 0 aliphatic carbocycles. The van der Waals surface area contributed by atoms with Crippen molar-refractivity contribution in [2.24, 2.45) is 5.92 Å². The normalized spacial score (nSPS) is 17.3. The zero-order valence-electron chi connectivity index (χ0n) is 10.6. The molecule has 1 aliphatic rings. The average Bonchev–Trinajstić information content (AvgIpc) is 2.47. The van der Waals surface area contributed by atoms with Crippen LogP contribution in [0, 0.1) is 5.92 Å². The van der Waals surface area contributed by atoms with Gasteiger partial charge >= 0.3 is 0 Å². The molecule has 0 bridgehead atoms. The molecular formula is C14H18N2O2. The number of rotatable bonds is 3. The summed E-state index contributed by atoms with van der Waals surface area (Å²) in [4.78, 5) is 30.1. The van der Waals surface area contributed by atoms with E-state index in [2.05, 4.69) is 4.98 Å². The van der Waals surface area contributed by atoms with E-state index in [1.54, 1.807) is 36.2 Å². The number of nitrogens with zero attached hydrogens (tertiary/aromatic N) is 2. The molecular weight excluding hydrogens is 228 g/mol. The molecule has 18 heavy (non-hydrogen) atoms. The number of aromatic nitrogens is 1. The summed E-state index contributed by atoms with van der Waals surface area (Å²) >= 11 is 0. The Bertz CT molecular complexity index is 425. The van der Waals surface area contributed by atoms with Gasteiger partial charge in [0.15, 0.2) is 5.78 Å². The molecule has 4 heteroatoms. The quantitative estimate of drug-likeness (QED) is 0.604. The fraction of sp³-hybridized carbons (Fsp3) is 0.500. The number of likely N-dealkylation sites (tertiary alicyclic amines) is 1. The van der Waals surface area contributed by atoms with Gasteiger partial charge in [0, 0.05) is 19.3 Å². The van der Waals surface area contributed by atoms with Crippen LogP contribution in [-0.2, 0) is 4.79 Å². The summed E-state index contributed by atoms with van der Waals surface area (Å²) in [5, 5.41) is 0. The topological polar surface area (TPSA) is 50.3 Å².